The number of esters is 1. The molecule has 0 fully saturated rings. The molecule has 0 aromatic heterocycles. The van der Waals surface area contributed by atoms with Gasteiger partial charge in [0.1, 0.15) is 12.3 Å². The van der Waals surface area contributed by atoms with Crippen LogP contribution in [-0.4, -0.2) is 10.9 Å². The molecule has 0 aliphatic rings. The molecule has 6 nitrogen and oxygen atoms in total. The van der Waals surface area contributed by atoms with Gasteiger partial charge in [-0.25, -0.2) is 0 Å². The molecule has 0 heterocycles. The molecular weight excluding hydrogens is 272 g/mol. The van der Waals surface area contributed by atoms with Crippen LogP contribution in [0.4, 0.5) is 17.1 Å². The van der Waals surface area contributed by atoms with E-state index in [1.54, 1.807) is 42.5 Å². The Balaban J connectivity index is 2.10. The minimum atomic E-state index is -0.433. The van der Waals surface area contributed by atoms with E-state index >= 15 is 0 Å². The molecule has 0 radical (unpaired) electrons. The van der Waals surface area contributed by atoms with Crippen molar-refractivity contribution in [1.29, 1.82) is 0 Å². The molecule has 0 aliphatic carbocycles. The maximum atomic E-state index is 10.9. The Morgan fingerprint density at radius 1 is 1.19 bits per heavy atom. The third-order valence-corrected chi connectivity index (χ3v) is 2.78. The minimum Gasteiger partial charge on any atom is -0.461 e. The Bertz CT molecular complexity index is 653. The number of nitro benzene ring substituents is 1. The zero-order chi connectivity index (χ0) is 15.2. The summed E-state index contributed by atoms with van der Waals surface area (Å²) < 4.78 is 4.89. The normalized spacial score (nSPS) is 9.95. The first kappa shape index (κ1) is 14.5. The van der Waals surface area contributed by atoms with Crippen LogP contribution in [-0.2, 0) is 16.1 Å². The highest BCUT2D eigenvalue weighted by Gasteiger charge is 2.12. The lowest BCUT2D eigenvalue weighted by Gasteiger charge is -2.08. The maximum absolute atomic E-state index is 10.9. The topological polar surface area (TPSA) is 81.5 Å². The van der Waals surface area contributed by atoms with Gasteiger partial charge in [0.15, 0.2) is 0 Å². The summed E-state index contributed by atoms with van der Waals surface area (Å²) in [4.78, 5) is 21.2. The minimum absolute atomic E-state index is 0.0153. The van der Waals surface area contributed by atoms with Crippen LogP contribution < -0.4 is 5.32 Å². The summed E-state index contributed by atoms with van der Waals surface area (Å²) in [6, 6.07) is 13.6. The first-order chi connectivity index (χ1) is 10.1. The van der Waals surface area contributed by atoms with Gasteiger partial charge in [0.25, 0.3) is 5.69 Å². The monoisotopic (exact) mass is 286 g/mol. The molecule has 108 valence electrons. The second-order valence-corrected chi connectivity index (χ2v) is 4.38. The molecule has 0 spiro atoms. The lowest BCUT2D eigenvalue weighted by molar-refractivity contribution is -0.383. The zero-order valence-electron chi connectivity index (χ0n) is 11.4. The summed E-state index contributed by atoms with van der Waals surface area (Å²) in [7, 11) is 0. The Kier molecular flexibility index (Phi) is 4.50. The Labute approximate surface area is 121 Å². The molecular formula is C15H14N2O4. The second kappa shape index (κ2) is 6.51. The number of nitrogens with one attached hydrogen (secondary N) is 1. The van der Waals surface area contributed by atoms with Gasteiger partial charge in [-0.1, -0.05) is 24.3 Å². The molecule has 2 aromatic carbocycles. The molecule has 0 unspecified atom stereocenters. The predicted octanol–water partition coefficient (Wildman–Crippen LogP) is 3.40. The van der Waals surface area contributed by atoms with Crippen LogP contribution in [0.5, 0.6) is 0 Å². The molecule has 0 saturated heterocycles. The van der Waals surface area contributed by atoms with E-state index in [1.807, 2.05) is 0 Å². The number of ether oxygens (including phenoxy) is 1. The van der Waals surface area contributed by atoms with Gasteiger partial charge >= 0.3 is 5.97 Å². The molecule has 6 heteroatoms. The van der Waals surface area contributed by atoms with Gasteiger partial charge in [-0.05, 0) is 23.8 Å². The van der Waals surface area contributed by atoms with E-state index in [2.05, 4.69) is 5.32 Å². The van der Waals surface area contributed by atoms with Gasteiger partial charge in [0.2, 0.25) is 0 Å². The van der Waals surface area contributed by atoms with Gasteiger partial charge in [-0.2, -0.15) is 0 Å². The van der Waals surface area contributed by atoms with E-state index in [1.165, 1.54) is 13.0 Å². The molecule has 0 saturated carbocycles. The summed E-state index contributed by atoms with van der Waals surface area (Å²) in [5.41, 5.74) is 2.01. The van der Waals surface area contributed by atoms with Crippen molar-refractivity contribution in [3.05, 3.63) is 64.2 Å². The highest BCUT2D eigenvalue weighted by molar-refractivity contribution is 5.69. The molecule has 0 aliphatic heterocycles. The number of rotatable bonds is 5. The first-order valence-electron chi connectivity index (χ1n) is 6.29. The Morgan fingerprint density at radius 3 is 2.48 bits per heavy atom. The third-order valence-electron chi connectivity index (χ3n) is 2.78. The van der Waals surface area contributed by atoms with Crippen LogP contribution >= 0.6 is 0 Å². The first-order valence-corrected chi connectivity index (χ1v) is 6.29. The van der Waals surface area contributed by atoms with E-state index in [0.717, 1.165) is 11.3 Å². The fraction of sp³-hybridized carbons (Fsp3) is 0.133. The molecule has 0 atom stereocenters. The fourth-order valence-corrected chi connectivity index (χ4v) is 1.76. The van der Waals surface area contributed by atoms with E-state index in [9.17, 15) is 14.9 Å². The predicted molar refractivity (Wildman–Crippen MR) is 78.3 cm³/mol. The average Bonchev–Trinajstić information content (AvgIpc) is 2.47. The lowest BCUT2D eigenvalue weighted by atomic mass is 10.2. The largest absolute Gasteiger partial charge is 0.461 e. The molecule has 2 aromatic rings. The van der Waals surface area contributed by atoms with Gasteiger partial charge in [0, 0.05) is 18.7 Å². The Morgan fingerprint density at radius 2 is 1.86 bits per heavy atom. The van der Waals surface area contributed by atoms with Gasteiger partial charge < -0.3 is 10.1 Å². The van der Waals surface area contributed by atoms with Crippen molar-refractivity contribution in [2.75, 3.05) is 5.32 Å². The van der Waals surface area contributed by atoms with Crippen LogP contribution in [0.2, 0.25) is 0 Å². The number of carbonyl (C=O) groups excluding carboxylic acids is 1. The van der Waals surface area contributed by atoms with Crippen molar-refractivity contribution < 1.29 is 14.5 Å². The third kappa shape index (κ3) is 4.04. The van der Waals surface area contributed by atoms with Crippen molar-refractivity contribution >= 4 is 23.0 Å². The number of carbonyl (C=O) groups is 1. The fourth-order valence-electron chi connectivity index (χ4n) is 1.76. The van der Waals surface area contributed by atoms with Crippen LogP contribution in [0.3, 0.4) is 0 Å². The number of benzene rings is 2. The highest BCUT2D eigenvalue weighted by atomic mass is 16.6. The summed E-state index contributed by atoms with van der Waals surface area (Å²) in [5.74, 6) is -0.336. The zero-order valence-corrected chi connectivity index (χ0v) is 11.4. The smallest absolute Gasteiger partial charge is 0.302 e. The van der Waals surface area contributed by atoms with Crippen LogP contribution in [0.15, 0.2) is 48.5 Å². The number of anilines is 2. The lowest BCUT2D eigenvalue weighted by Crippen LogP contribution is -1.99. The van der Waals surface area contributed by atoms with Gasteiger partial charge in [-0.15, -0.1) is 0 Å². The standard InChI is InChI=1S/C15H14N2O4/c1-11(18)21-10-12-6-8-13(9-7-12)16-14-4-2-3-5-15(14)17(19)20/h2-9,16H,10H2,1H3. The van der Waals surface area contributed by atoms with Crippen molar-refractivity contribution in [1.82, 2.24) is 0 Å². The molecule has 1 N–H and O–H groups in total. The van der Waals surface area contributed by atoms with E-state index in [4.69, 9.17) is 4.74 Å². The molecule has 2 rings (SSSR count). The highest BCUT2D eigenvalue weighted by Crippen LogP contribution is 2.27. The number of hydrogen-bond donors (Lipinski definition) is 1. The van der Waals surface area contributed by atoms with Crippen molar-refractivity contribution in [2.24, 2.45) is 0 Å². The van der Waals surface area contributed by atoms with Crippen LogP contribution in [0.25, 0.3) is 0 Å². The number of hydrogen-bond acceptors (Lipinski definition) is 5. The summed E-state index contributed by atoms with van der Waals surface area (Å²) in [6.45, 7) is 1.56. The van der Waals surface area contributed by atoms with E-state index in [0.29, 0.717) is 5.69 Å². The van der Waals surface area contributed by atoms with Gasteiger partial charge in [-0.3, -0.25) is 14.9 Å². The molecule has 0 bridgehead atoms. The summed E-state index contributed by atoms with van der Waals surface area (Å²) in [5, 5.41) is 13.9. The van der Waals surface area contributed by atoms with Crippen molar-refractivity contribution in [2.45, 2.75) is 13.5 Å². The van der Waals surface area contributed by atoms with Crippen LogP contribution in [0, 0.1) is 10.1 Å². The van der Waals surface area contributed by atoms with Gasteiger partial charge in [0.05, 0.1) is 4.92 Å². The summed E-state index contributed by atoms with van der Waals surface area (Å²) in [6.07, 6.45) is 0. The van der Waals surface area contributed by atoms with E-state index < -0.39 is 4.92 Å². The number of para-hydroxylation sites is 2. The average molecular weight is 286 g/mol. The SMILES string of the molecule is CC(=O)OCc1ccc(Nc2ccccc2[N+](=O)[O-])cc1. The summed E-state index contributed by atoms with van der Waals surface area (Å²) >= 11 is 0. The second-order valence-electron chi connectivity index (χ2n) is 4.38. The maximum Gasteiger partial charge on any atom is 0.302 e. The van der Waals surface area contributed by atoms with Crippen LogP contribution in [0.1, 0.15) is 12.5 Å². The number of nitro groups is 1. The van der Waals surface area contributed by atoms with Crippen molar-refractivity contribution in [3.63, 3.8) is 0 Å². The molecule has 21 heavy (non-hydrogen) atoms. The number of nitrogens with zero attached hydrogens (tertiary/aromatic N) is 1. The van der Waals surface area contributed by atoms with Crippen molar-refractivity contribution in [3.8, 4) is 0 Å². The van der Waals surface area contributed by atoms with E-state index in [-0.39, 0.29) is 18.3 Å². The quantitative estimate of drug-likeness (QED) is 0.517. The molecule has 0 amide bonds. The Hall–Kier alpha value is -2.89.